The Labute approximate surface area is 132 Å². The third-order valence-corrected chi connectivity index (χ3v) is 5.05. The Bertz CT molecular complexity index is 550. The molecule has 2 fully saturated rings. The predicted octanol–water partition coefficient (Wildman–Crippen LogP) is 3.22. The lowest BCUT2D eigenvalue weighted by molar-refractivity contribution is 0.0326. The highest BCUT2D eigenvalue weighted by atomic mass is 16.3. The second-order valence-electron chi connectivity index (χ2n) is 7.72. The quantitative estimate of drug-likeness (QED) is 0.837. The lowest BCUT2D eigenvalue weighted by Crippen LogP contribution is -2.48. The Morgan fingerprint density at radius 3 is 2.36 bits per heavy atom. The van der Waals surface area contributed by atoms with Gasteiger partial charge in [-0.3, -0.25) is 0 Å². The van der Waals surface area contributed by atoms with Crippen molar-refractivity contribution in [3.63, 3.8) is 0 Å². The fourth-order valence-corrected chi connectivity index (χ4v) is 3.80. The van der Waals surface area contributed by atoms with Gasteiger partial charge in [0.25, 0.3) is 0 Å². The van der Waals surface area contributed by atoms with Crippen LogP contribution >= 0.6 is 0 Å². The summed E-state index contributed by atoms with van der Waals surface area (Å²) in [6, 6.07) is 7.95. The van der Waals surface area contributed by atoms with E-state index in [2.05, 4.69) is 32.2 Å². The summed E-state index contributed by atoms with van der Waals surface area (Å²) in [5.74, 6) is 0.504. The van der Waals surface area contributed by atoms with Crippen LogP contribution in [0, 0.1) is 11.8 Å². The molecule has 2 atom stereocenters. The number of carbonyl (C=O) groups excluding carboxylic acids is 1. The monoisotopic (exact) mass is 302 g/mol. The fraction of sp³-hybridized carbons (Fsp3) is 0.611. The van der Waals surface area contributed by atoms with Crippen molar-refractivity contribution in [3.05, 3.63) is 29.8 Å². The molecule has 0 aromatic heterocycles. The number of carbonyl (C=O) groups is 1. The van der Waals surface area contributed by atoms with Gasteiger partial charge in [-0.1, -0.05) is 39.0 Å². The number of hydrogen-bond acceptors (Lipinski definition) is 2. The Kier molecular flexibility index (Phi) is 3.89. The topological polar surface area (TPSA) is 52.6 Å². The van der Waals surface area contributed by atoms with Crippen LogP contribution in [0.15, 0.2) is 24.3 Å². The van der Waals surface area contributed by atoms with E-state index in [9.17, 15) is 9.90 Å². The van der Waals surface area contributed by atoms with Crippen molar-refractivity contribution in [2.24, 2.45) is 11.8 Å². The molecule has 1 aliphatic heterocycles. The molecule has 1 heterocycles. The minimum atomic E-state index is -0.217. The maximum absolute atomic E-state index is 12.6. The van der Waals surface area contributed by atoms with Crippen LogP contribution in [-0.4, -0.2) is 35.2 Å². The normalized spacial score (nSPS) is 27.8. The van der Waals surface area contributed by atoms with E-state index in [0.29, 0.717) is 13.1 Å². The summed E-state index contributed by atoms with van der Waals surface area (Å²) in [5, 5.41) is 13.2. The first-order valence-corrected chi connectivity index (χ1v) is 8.20. The average molecular weight is 302 g/mol. The molecule has 2 aliphatic rings. The predicted molar refractivity (Wildman–Crippen MR) is 88.0 cm³/mol. The van der Waals surface area contributed by atoms with Crippen LogP contribution in [0.1, 0.15) is 39.2 Å². The molecule has 22 heavy (non-hydrogen) atoms. The number of amides is 2. The van der Waals surface area contributed by atoms with Gasteiger partial charge < -0.3 is 15.3 Å². The molecule has 4 heteroatoms. The second-order valence-corrected chi connectivity index (χ2v) is 7.72. The second kappa shape index (κ2) is 5.58. The Balaban J connectivity index is 1.73. The lowest BCUT2D eigenvalue weighted by Gasteiger charge is -2.35. The molecule has 1 saturated heterocycles. The van der Waals surface area contributed by atoms with Crippen molar-refractivity contribution in [1.82, 2.24) is 4.90 Å². The number of fused-ring (bicyclic) bond motifs is 2. The number of aliphatic hydroxyl groups is 1. The van der Waals surface area contributed by atoms with Crippen molar-refractivity contribution in [1.29, 1.82) is 0 Å². The average Bonchev–Trinajstić information content (AvgIpc) is 2.68. The molecule has 2 bridgehead atoms. The number of likely N-dealkylation sites (tertiary alicyclic amines) is 1. The molecular weight excluding hydrogens is 276 g/mol. The zero-order valence-electron chi connectivity index (χ0n) is 13.7. The first-order chi connectivity index (χ1) is 10.4. The molecule has 2 amide bonds. The van der Waals surface area contributed by atoms with Crippen LogP contribution in [0.3, 0.4) is 0 Å². The van der Waals surface area contributed by atoms with Crippen LogP contribution in [0.5, 0.6) is 0 Å². The molecular formula is C18H26N2O2. The van der Waals surface area contributed by atoms with E-state index in [0.717, 1.165) is 24.1 Å². The Morgan fingerprint density at radius 1 is 1.18 bits per heavy atom. The van der Waals surface area contributed by atoms with Gasteiger partial charge in [-0.25, -0.2) is 4.79 Å². The van der Waals surface area contributed by atoms with Gasteiger partial charge in [0.15, 0.2) is 0 Å². The minimum absolute atomic E-state index is 0.0129. The molecule has 2 N–H and O–H groups in total. The van der Waals surface area contributed by atoms with Crippen molar-refractivity contribution >= 4 is 11.7 Å². The van der Waals surface area contributed by atoms with Crippen molar-refractivity contribution < 1.29 is 9.90 Å². The van der Waals surface area contributed by atoms with Crippen molar-refractivity contribution in [3.8, 4) is 0 Å². The van der Waals surface area contributed by atoms with E-state index < -0.39 is 0 Å². The van der Waals surface area contributed by atoms with E-state index in [1.807, 2.05) is 23.1 Å². The first-order valence-electron chi connectivity index (χ1n) is 8.20. The van der Waals surface area contributed by atoms with E-state index in [1.165, 1.54) is 0 Å². The fourth-order valence-electron chi connectivity index (χ4n) is 3.80. The van der Waals surface area contributed by atoms with Crippen LogP contribution in [0.4, 0.5) is 10.5 Å². The molecule has 1 saturated carbocycles. The van der Waals surface area contributed by atoms with Gasteiger partial charge in [-0.15, -0.1) is 0 Å². The number of anilines is 1. The summed E-state index contributed by atoms with van der Waals surface area (Å²) in [6.07, 6.45) is 1.86. The zero-order chi connectivity index (χ0) is 15.9. The highest BCUT2D eigenvalue weighted by Gasteiger charge is 2.42. The summed E-state index contributed by atoms with van der Waals surface area (Å²) in [4.78, 5) is 14.5. The number of urea groups is 1. The smallest absolute Gasteiger partial charge is 0.321 e. The molecule has 1 aromatic rings. The lowest BCUT2D eigenvalue weighted by atomic mass is 9.86. The van der Waals surface area contributed by atoms with Gasteiger partial charge >= 0.3 is 6.03 Å². The number of nitrogens with one attached hydrogen (secondary N) is 1. The first kappa shape index (κ1) is 15.3. The van der Waals surface area contributed by atoms with Crippen LogP contribution in [0.25, 0.3) is 0 Å². The van der Waals surface area contributed by atoms with Crippen molar-refractivity contribution in [2.75, 3.05) is 18.4 Å². The Hall–Kier alpha value is -1.55. The maximum Gasteiger partial charge on any atom is 0.321 e. The number of para-hydroxylation sites is 1. The van der Waals surface area contributed by atoms with Gasteiger partial charge in [-0.2, -0.15) is 0 Å². The van der Waals surface area contributed by atoms with E-state index in [4.69, 9.17) is 0 Å². The summed E-state index contributed by atoms with van der Waals surface area (Å²) < 4.78 is 0. The zero-order valence-corrected chi connectivity index (χ0v) is 13.7. The summed E-state index contributed by atoms with van der Waals surface area (Å²) in [7, 11) is 0. The van der Waals surface area contributed by atoms with Crippen molar-refractivity contribution in [2.45, 2.75) is 45.1 Å². The third-order valence-electron chi connectivity index (χ3n) is 5.05. The standard InChI is InChI=1S/C18H26N2O2/c1-18(2,3)14-6-4-5-7-15(14)19-17(22)20-10-12-8-9-13(11-20)16(12)21/h4-7,12-13,16,21H,8-11H2,1-3H3,(H,19,22). The van der Waals surface area contributed by atoms with E-state index in [1.54, 1.807) is 0 Å². The largest absolute Gasteiger partial charge is 0.392 e. The summed E-state index contributed by atoms with van der Waals surface area (Å²) in [5.41, 5.74) is 2.02. The molecule has 0 radical (unpaired) electrons. The molecule has 3 rings (SSSR count). The van der Waals surface area contributed by atoms with Gasteiger partial charge in [0.1, 0.15) is 0 Å². The van der Waals surface area contributed by atoms with E-state index in [-0.39, 0.29) is 29.4 Å². The maximum atomic E-state index is 12.6. The number of nitrogens with zero attached hydrogens (tertiary/aromatic N) is 1. The molecule has 120 valence electrons. The third kappa shape index (κ3) is 2.84. The molecule has 4 nitrogen and oxygen atoms in total. The van der Waals surface area contributed by atoms with E-state index >= 15 is 0 Å². The summed E-state index contributed by atoms with van der Waals surface area (Å²) in [6.45, 7) is 7.78. The van der Waals surface area contributed by atoms with Crippen LogP contribution < -0.4 is 5.32 Å². The highest BCUT2D eigenvalue weighted by molar-refractivity contribution is 5.90. The molecule has 2 unspecified atom stereocenters. The number of rotatable bonds is 1. The van der Waals surface area contributed by atoms with Gasteiger partial charge in [0.05, 0.1) is 6.10 Å². The number of hydrogen-bond donors (Lipinski definition) is 2. The van der Waals surface area contributed by atoms with Gasteiger partial charge in [0.2, 0.25) is 0 Å². The number of benzene rings is 1. The SMILES string of the molecule is CC(C)(C)c1ccccc1NC(=O)N1CC2CCC(C1)C2O. The number of piperidine rings is 1. The minimum Gasteiger partial charge on any atom is -0.392 e. The van der Waals surface area contributed by atoms with Crippen LogP contribution in [-0.2, 0) is 5.41 Å². The van der Waals surface area contributed by atoms with Gasteiger partial charge in [-0.05, 0) is 29.9 Å². The highest BCUT2D eigenvalue weighted by Crippen LogP contribution is 2.37. The molecule has 1 aromatic carbocycles. The molecule has 1 aliphatic carbocycles. The van der Waals surface area contributed by atoms with Crippen LogP contribution in [0.2, 0.25) is 0 Å². The molecule has 0 spiro atoms. The van der Waals surface area contributed by atoms with Gasteiger partial charge in [0, 0.05) is 30.6 Å². The number of aliphatic hydroxyl groups excluding tert-OH is 1. The summed E-state index contributed by atoms with van der Waals surface area (Å²) >= 11 is 0. The Morgan fingerprint density at radius 2 is 1.77 bits per heavy atom.